The Balaban J connectivity index is 1.50. The lowest BCUT2D eigenvalue weighted by Crippen LogP contribution is -2.47. The van der Waals surface area contributed by atoms with Gasteiger partial charge in [-0.25, -0.2) is 8.42 Å². The van der Waals surface area contributed by atoms with E-state index in [-0.39, 0.29) is 35.2 Å². The van der Waals surface area contributed by atoms with Gasteiger partial charge in [0, 0.05) is 18.1 Å². The first-order valence-electron chi connectivity index (χ1n) is 10.0. The van der Waals surface area contributed by atoms with Crippen LogP contribution in [0.1, 0.15) is 45.6 Å². The summed E-state index contributed by atoms with van der Waals surface area (Å²) in [5.41, 5.74) is 0. The fourth-order valence-electron chi connectivity index (χ4n) is 3.81. The number of nitrogens with zero attached hydrogens (tertiary/aromatic N) is 4. The monoisotopic (exact) mass is 454 g/mol. The molecular formula is C19H26N4O3S3. The van der Waals surface area contributed by atoms with E-state index in [1.54, 1.807) is 16.2 Å². The Bertz CT molecular complexity index is 967. The first-order valence-corrected chi connectivity index (χ1v) is 13.7. The van der Waals surface area contributed by atoms with Crippen LogP contribution in [0.15, 0.2) is 22.7 Å². The number of hydrogen-bond donors (Lipinski definition) is 0. The van der Waals surface area contributed by atoms with Crippen molar-refractivity contribution in [3.05, 3.63) is 17.5 Å². The van der Waals surface area contributed by atoms with Crippen LogP contribution in [0, 0.1) is 0 Å². The minimum absolute atomic E-state index is 0.0179. The number of carbonyl (C=O) groups is 1. The van der Waals surface area contributed by atoms with Crippen molar-refractivity contribution < 1.29 is 13.2 Å². The van der Waals surface area contributed by atoms with Gasteiger partial charge in [0.2, 0.25) is 5.91 Å². The third-order valence-corrected chi connectivity index (χ3v) is 9.14. The zero-order valence-electron chi connectivity index (χ0n) is 16.7. The summed E-state index contributed by atoms with van der Waals surface area (Å²) in [6.45, 7) is 4.02. The third kappa shape index (κ3) is 4.54. The predicted molar refractivity (Wildman–Crippen MR) is 116 cm³/mol. The Morgan fingerprint density at radius 3 is 2.76 bits per heavy atom. The number of rotatable bonds is 8. The third-order valence-electron chi connectivity index (χ3n) is 5.60. The summed E-state index contributed by atoms with van der Waals surface area (Å²) in [4.78, 5) is 16.0. The SMILES string of the molecule is CC[C@H](C)N(C(=O)CSc1nnc(-c2cccs2)n1C1CC1)[C@H]1CCS(=O)(=O)C1. The maximum Gasteiger partial charge on any atom is 0.233 e. The summed E-state index contributed by atoms with van der Waals surface area (Å²) >= 11 is 3.05. The van der Waals surface area contributed by atoms with Gasteiger partial charge < -0.3 is 4.90 Å². The number of aromatic nitrogens is 3. The first kappa shape index (κ1) is 20.9. The van der Waals surface area contributed by atoms with Gasteiger partial charge in [-0.3, -0.25) is 9.36 Å². The summed E-state index contributed by atoms with van der Waals surface area (Å²) in [6, 6.07) is 4.25. The molecule has 10 heteroatoms. The molecule has 2 atom stereocenters. The fraction of sp³-hybridized carbons (Fsp3) is 0.632. The van der Waals surface area contributed by atoms with Crippen LogP contribution < -0.4 is 0 Å². The highest BCUT2D eigenvalue weighted by atomic mass is 32.2. The molecule has 1 saturated carbocycles. The number of amides is 1. The van der Waals surface area contributed by atoms with Crippen molar-refractivity contribution in [2.24, 2.45) is 0 Å². The van der Waals surface area contributed by atoms with E-state index in [9.17, 15) is 13.2 Å². The Labute approximate surface area is 179 Å². The van der Waals surface area contributed by atoms with Crippen LogP contribution in [0.2, 0.25) is 0 Å². The second-order valence-corrected chi connectivity index (χ2v) is 11.9. The van der Waals surface area contributed by atoms with E-state index in [4.69, 9.17) is 0 Å². The summed E-state index contributed by atoms with van der Waals surface area (Å²) in [6.07, 6.45) is 3.55. The first-order chi connectivity index (χ1) is 13.9. The Morgan fingerprint density at radius 1 is 1.38 bits per heavy atom. The maximum atomic E-state index is 13.1. The molecule has 2 aliphatic rings. The summed E-state index contributed by atoms with van der Waals surface area (Å²) < 4.78 is 26.0. The molecule has 2 aromatic heterocycles. The van der Waals surface area contributed by atoms with Gasteiger partial charge in [0.1, 0.15) is 0 Å². The number of thioether (sulfide) groups is 1. The van der Waals surface area contributed by atoms with Crippen molar-refractivity contribution in [3.8, 4) is 10.7 Å². The van der Waals surface area contributed by atoms with Crippen molar-refractivity contribution in [2.45, 2.75) is 62.8 Å². The normalized spacial score (nSPS) is 21.9. The van der Waals surface area contributed by atoms with E-state index >= 15 is 0 Å². The molecule has 29 heavy (non-hydrogen) atoms. The quantitative estimate of drug-likeness (QED) is 0.569. The van der Waals surface area contributed by atoms with E-state index in [2.05, 4.69) is 14.8 Å². The van der Waals surface area contributed by atoms with Crippen LogP contribution in [-0.4, -0.2) is 63.3 Å². The average molecular weight is 455 g/mol. The summed E-state index contributed by atoms with van der Waals surface area (Å²) in [7, 11) is -3.04. The molecule has 2 aromatic rings. The van der Waals surface area contributed by atoms with Gasteiger partial charge in [-0.1, -0.05) is 24.8 Å². The van der Waals surface area contributed by atoms with E-state index in [0.717, 1.165) is 35.1 Å². The molecule has 0 unspecified atom stereocenters. The molecular weight excluding hydrogens is 428 g/mol. The van der Waals surface area contributed by atoms with E-state index in [1.807, 2.05) is 31.4 Å². The second-order valence-electron chi connectivity index (χ2n) is 7.79. The molecule has 0 spiro atoms. The lowest BCUT2D eigenvalue weighted by atomic mass is 10.1. The largest absolute Gasteiger partial charge is 0.335 e. The van der Waals surface area contributed by atoms with Gasteiger partial charge >= 0.3 is 0 Å². The molecule has 1 aliphatic heterocycles. The average Bonchev–Trinajstić information content (AvgIpc) is 3.08. The number of hydrogen-bond acceptors (Lipinski definition) is 7. The number of carbonyl (C=O) groups excluding carboxylic acids is 1. The summed E-state index contributed by atoms with van der Waals surface area (Å²) in [5.74, 6) is 1.35. The van der Waals surface area contributed by atoms with Gasteiger partial charge in [-0.2, -0.15) is 0 Å². The van der Waals surface area contributed by atoms with Gasteiger partial charge in [0.25, 0.3) is 0 Å². The van der Waals surface area contributed by atoms with E-state index < -0.39 is 9.84 Å². The number of sulfone groups is 1. The molecule has 158 valence electrons. The van der Waals surface area contributed by atoms with Crippen molar-refractivity contribution in [1.82, 2.24) is 19.7 Å². The lowest BCUT2D eigenvalue weighted by molar-refractivity contribution is -0.132. The predicted octanol–water partition coefficient (Wildman–Crippen LogP) is 3.25. The van der Waals surface area contributed by atoms with Crippen LogP contribution in [-0.2, 0) is 14.6 Å². The van der Waals surface area contributed by atoms with Crippen LogP contribution in [0.25, 0.3) is 10.7 Å². The molecule has 0 radical (unpaired) electrons. The highest BCUT2D eigenvalue weighted by Crippen LogP contribution is 2.41. The van der Waals surface area contributed by atoms with E-state index in [1.165, 1.54) is 11.8 Å². The molecule has 0 bridgehead atoms. The van der Waals surface area contributed by atoms with E-state index in [0.29, 0.717) is 12.5 Å². The minimum Gasteiger partial charge on any atom is -0.335 e. The Kier molecular flexibility index (Phi) is 6.04. The summed E-state index contributed by atoms with van der Waals surface area (Å²) in [5, 5.41) is 11.6. The highest BCUT2D eigenvalue weighted by Gasteiger charge is 2.37. The molecule has 4 rings (SSSR count). The zero-order chi connectivity index (χ0) is 20.6. The molecule has 0 N–H and O–H groups in total. The topological polar surface area (TPSA) is 85.2 Å². The van der Waals surface area contributed by atoms with Crippen LogP contribution in [0.3, 0.4) is 0 Å². The second kappa shape index (κ2) is 8.39. The van der Waals surface area contributed by atoms with Crippen molar-refractivity contribution in [3.63, 3.8) is 0 Å². The molecule has 3 heterocycles. The Morgan fingerprint density at radius 2 is 2.17 bits per heavy atom. The molecule has 2 fully saturated rings. The van der Waals surface area contributed by atoms with Crippen molar-refractivity contribution >= 4 is 38.8 Å². The van der Waals surface area contributed by atoms with Crippen molar-refractivity contribution in [1.29, 1.82) is 0 Å². The van der Waals surface area contributed by atoms with Gasteiger partial charge in [0.05, 0.1) is 22.1 Å². The highest BCUT2D eigenvalue weighted by molar-refractivity contribution is 7.99. The zero-order valence-corrected chi connectivity index (χ0v) is 19.1. The molecule has 1 aliphatic carbocycles. The van der Waals surface area contributed by atoms with Gasteiger partial charge in [-0.05, 0) is 44.1 Å². The van der Waals surface area contributed by atoms with Crippen molar-refractivity contribution in [2.75, 3.05) is 17.3 Å². The Hall–Kier alpha value is -1.39. The molecule has 1 amide bonds. The van der Waals surface area contributed by atoms with Gasteiger partial charge in [0.15, 0.2) is 20.8 Å². The van der Waals surface area contributed by atoms with Crippen LogP contribution >= 0.6 is 23.1 Å². The molecule has 0 aromatic carbocycles. The van der Waals surface area contributed by atoms with Crippen LogP contribution in [0.4, 0.5) is 0 Å². The molecule has 7 nitrogen and oxygen atoms in total. The standard InChI is InChI=1S/C19H26N4O3S3/c1-3-13(2)22(15-8-10-29(25,26)12-15)17(24)11-28-19-21-20-18(16-5-4-9-27-16)23(19)14-6-7-14/h4-5,9,13-15H,3,6-8,10-12H2,1-2H3/t13-,15-/m0/s1. The molecule has 1 saturated heterocycles. The minimum atomic E-state index is -3.04. The lowest BCUT2D eigenvalue weighted by Gasteiger charge is -2.33. The fourth-order valence-corrected chi connectivity index (χ4v) is 7.10. The maximum absolute atomic E-state index is 13.1. The van der Waals surface area contributed by atoms with Gasteiger partial charge in [-0.15, -0.1) is 21.5 Å². The number of thiophene rings is 1. The van der Waals surface area contributed by atoms with Crippen LogP contribution in [0.5, 0.6) is 0 Å². The smallest absolute Gasteiger partial charge is 0.233 e.